The fourth-order valence-corrected chi connectivity index (χ4v) is 2.99. The molecular weight excluding hydrogens is 248 g/mol. The van der Waals surface area contributed by atoms with Crippen LogP contribution < -0.4 is 5.73 Å². The zero-order valence-corrected chi connectivity index (χ0v) is 11.1. The number of primary amides is 1. The number of ketones is 1. The van der Waals surface area contributed by atoms with Gasteiger partial charge in [-0.05, 0) is 37.4 Å². The van der Waals surface area contributed by atoms with E-state index in [2.05, 4.69) is 4.90 Å². The van der Waals surface area contributed by atoms with Crippen LogP contribution in [0.3, 0.4) is 0 Å². The molecule has 1 aliphatic heterocycles. The van der Waals surface area contributed by atoms with Gasteiger partial charge in [-0.1, -0.05) is 6.07 Å². The molecule has 18 heavy (non-hydrogen) atoms. The van der Waals surface area contributed by atoms with Crippen LogP contribution in [0.4, 0.5) is 0 Å². The van der Waals surface area contributed by atoms with Crippen molar-refractivity contribution >= 4 is 23.0 Å². The second kappa shape index (κ2) is 6.11. The van der Waals surface area contributed by atoms with Crippen LogP contribution in [0.25, 0.3) is 0 Å². The Balaban J connectivity index is 1.67. The third kappa shape index (κ3) is 3.40. The lowest BCUT2D eigenvalue weighted by Crippen LogP contribution is -2.28. The molecule has 0 spiro atoms. The molecule has 0 aromatic carbocycles. The van der Waals surface area contributed by atoms with E-state index in [-0.39, 0.29) is 17.6 Å². The van der Waals surface area contributed by atoms with Gasteiger partial charge in [-0.15, -0.1) is 11.3 Å². The Morgan fingerprint density at radius 2 is 2.33 bits per heavy atom. The first-order valence-corrected chi connectivity index (χ1v) is 7.13. The SMILES string of the molecule is NC(=O)C1CCN(CCCC(=O)c2cccs2)C1. The van der Waals surface area contributed by atoms with Crippen molar-refractivity contribution in [3.05, 3.63) is 22.4 Å². The quantitative estimate of drug-likeness (QED) is 0.794. The van der Waals surface area contributed by atoms with Crippen LogP contribution in [-0.4, -0.2) is 36.2 Å². The molecule has 0 radical (unpaired) electrons. The van der Waals surface area contributed by atoms with Gasteiger partial charge in [0.2, 0.25) is 5.91 Å². The zero-order valence-electron chi connectivity index (χ0n) is 10.3. The van der Waals surface area contributed by atoms with Crippen molar-refractivity contribution in [2.24, 2.45) is 11.7 Å². The molecule has 1 unspecified atom stereocenters. The van der Waals surface area contributed by atoms with Crippen molar-refractivity contribution in [1.82, 2.24) is 4.90 Å². The summed E-state index contributed by atoms with van der Waals surface area (Å²) in [7, 11) is 0. The van der Waals surface area contributed by atoms with Gasteiger partial charge in [0.25, 0.3) is 0 Å². The van der Waals surface area contributed by atoms with Crippen molar-refractivity contribution in [2.75, 3.05) is 19.6 Å². The number of Topliss-reactive ketones (excluding diaryl/α,β-unsaturated/α-hetero) is 1. The molecule has 0 bridgehead atoms. The molecule has 1 atom stereocenters. The van der Waals surface area contributed by atoms with E-state index in [0.717, 1.165) is 37.4 Å². The van der Waals surface area contributed by atoms with Crippen molar-refractivity contribution in [1.29, 1.82) is 0 Å². The third-order valence-electron chi connectivity index (χ3n) is 3.35. The van der Waals surface area contributed by atoms with Gasteiger partial charge in [0.05, 0.1) is 10.8 Å². The highest BCUT2D eigenvalue weighted by molar-refractivity contribution is 7.12. The standard InChI is InChI=1S/C13H18N2O2S/c14-13(17)10-5-7-15(9-10)6-1-3-11(16)12-4-2-8-18-12/h2,4,8,10H,1,3,5-7,9H2,(H2,14,17). The number of nitrogens with two attached hydrogens (primary N) is 1. The first-order valence-electron chi connectivity index (χ1n) is 6.25. The van der Waals surface area contributed by atoms with Crippen molar-refractivity contribution in [3.63, 3.8) is 0 Å². The molecule has 2 N–H and O–H groups in total. The lowest BCUT2D eigenvalue weighted by Gasteiger charge is -2.14. The summed E-state index contributed by atoms with van der Waals surface area (Å²) in [5.41, 5.74) is 5.28. The molecule has 0 aliphatic carbocycles. The molecule has 0 saturated carbocycles. The highest BCUT2D eigenvalue weighted by atomic mass is 32.1. The van der Waals surface area contributed by atoms with Gasteiger partial charge in [-0.25, -0.2) is 0 Å². The lowest BCUT2D eigenvalue weighted by atomic mass is 10.1. The van der Waals surface area contributed by atoms with Crippen LogP contribution in [0.5, 0.6) is 0 Å². The smallest absolute Gasteiger partial charge is 0.221 e. The number of hydrogen-bond donors (Lipinski definition) is 1. The predicted molar refractivity (Wildman–Crippen MR) is 71.6 cm³/mol. The Hall–Kier alpha value is -1.20. The average molecular weight is 266 g/mol. The lowest BCUT2D eigenvalue weighted by molar-refractivity contribution is -0.121. The molecule has 2 rings (SSSR count). The maximum absolute atomic E-state index is 11.8. The minimum atomic E-state index is -0.202. The summed E-state index contributed by atoms with van der Waals surface area (Å²) < 4.78 is 0. The van der Waals surface area contributed by atoms with E-state index in [0.29, 0.717) is 6.42 Å². The highest BCUT2D eigenvalue weighted by Crippen LogP contribution is 2.17. The first kappa shape index (κ1) is 13.2. The van der Waals surface area contributed by atoms with Crippen LogP contribution in [0.1, 0.15) is 28.9 Å². The Morgan fingerprint density at radius 3 is 2.94 bits per heavy atom. The Bertz CT molecular complexity index is 417. The summed E-state index contributed by atoms with van der Waals surface area (Å²) >= 11 is 1.49. The van der Waals surface area contributed by atoms with Gasteiger partial charge < -0.3 is 10.6 Å². The molecule has 1 aromatic heterocycles. The number of carbonyl (C=O) groups excluding carboxylic acids is 2. The maximum atomic E-state index is 11.8. The molecular formula is C13H18N2O2S. The predicted octanol–water partition coefficient (Wildman–Crippen LogP) is 1.52. The van der Waals surface area contributed by atoms with Gasteiger partial charge in [0.15, 0.2) is 5.78 Å². The molecule has 1 aliphatic rings. The molecule has 1 fully saturated rings. The highest BCUT2D eigenvalue weighted by Gasteiger charge is 2.26. The average Bonchev–Trinajstić information content (AvgIpc) is 3.00. The van der Waals surface area contributed by atoms with Crippen molar-refractivity contribution in [2.45, 2.75) is 19.3 Å². The number of thiophene rings is 1. The molecule has 5 heteroatoms. The molecule has 98 valence electrons. The number of likely N-dealkylation sites (tertiary alicyclic amines) is 1. The molecule has 1 aromatic rings. The van der Waals surface area contributed by atoms with E-state index in [4.69, 9.17) is 5.73 Å². The molecule has 4 nitrogen and oxygen atoms in total. The summed E-state index contributed by atoms with van der Waals surface area (Å²) in [5.74, 6) is 0.0146. The van der Waals surface area contributed by atoms with Gasteiger partial charge in [-0.2, -0.15) is 0 Å². The van der Waals surface area contributed by atoms with Crippen LogP contribution in [0.15, 0.2) is 17.5 Å². The minimum absolute atomic E-state index is 0.00185. The van der Waals surface area contributed by atoms with Crippen LogP contribution >= 0.6 is 11.3 Å². The fourth-order valence-electron chi connectivity index (χ4n) is 2.29. The summed E-state index contributed by atoms with van der Waals surface area (Å²) in [6, 6.07) is 3.77. The summed E-state index contributed by atoms with van der Waals surface area (Å²) in [6.07, 6.45) is 2.29. The van der Waals surface area contributed by atoms with Crippen LogP contribution in [0.2, 0.25) is 0 Å². The molecule has 1 amide bonds. The van der Waals surface area contributed by atoms with Gasteiger partial charge >= 0.3 is 0 Å². The largest absolute Gasteiger partial charge is 0.369 e. The van der Waals surface area contributed by atoms with E-state index >= 15 is 0 Å². The van der Waals surface area contributed by atoms with E-state index in [1.54, 1.807) is 0 Å². The van der Waals surface area contributed by atoms with Crippen molar-refractivity contribution in [3.8, 4) is 0 Å². The second-order valence-corrected chi connectivity index (χ2v) is 5.64. The molecule has 2 heterocycles. The van der Waals surface area contributed by atoms with E-state index in [9.17, 15) is 9.59 Å². The Labute approximate surface area is 111 Å². The fraction of sp³-hybridized carbons (Fsp3) is 0.538. The van der Waals surface area contributed by atoms with Gasteiger partial charge in [0, 0.05) is 13.0 Å². The number of nitrogens with zero attached hydrogens (tertiary/aromatic N) is 1. The Kier molecular flexibility index (Phi) is 4.49. The van der Waals surface area contributed by atoms with Crippen molar-refractivity contribution < 1.29 is 9.59 Å². The maximum Gasteiger partial charge on any atom is 0.221 e. The van der Waals surface area contributed by atoms with E-state index in [1.165, 1.54) is 11.3 Å². The monoisotopic (exact) mass is 266 g/mol. The first-order chi connectivity index (χ1) is 8.66. The summed E-state index contributed by atoms with van der Waals surface area (Å²) in [4.78, 5) is 25.9. The normalized spacial score (nSPS) is 20.1. The van der Waals surface area contributed by atoms with Crippen LogP contribution in [-0.2, 0) is 4.79 Å². The third-order valence-corrected chi connectivity index (χ3v) is 4.26. The van der Waals surface area contributed by atoms with Crippen LogP contribution in [0, 0.1) is 5.92 Å². The van der Waals surface area contributed by atoms with E-state index < -0.39 is 0 Å². The Morgan fingerprint density at radius 1 is 1.50 bits per heavy atom. The number of rotatable bonds is 6. The van der Waals surface area contributed by atoms with Gasteiger partial charge in [-0.3, -0.25) is 9.59 Å². The number of carbonyl (C=O) groups is 2. The topological polar surface area (TPSA) is 63.4 Å². The zero-order chi connectivity index (χ0) is 13.0. The van der Waals surface area contributed by atoms with E-state index in [1.807, 2.05) is 17.5 Å². The minimum Gasteiger partial charge on any atom is -0.369 e. The molecule has 1 saturated heterocycles. The number of hydrogen-bond acceptors (Lipinski definition) is 4. The second-order valence-electron chi connectivity index (χ2n) is 4.69. The summed E-state index contributed by atoms with van der Waals surface area (Å²) in [5, 5.41) is 1.92. The number of amides is 1. The summed E-state index contributed by atoms with van der Waals surface area (Å²) in [6.45, 7) is 2.55. The van der Waals surface area contributed by atoms with Gasteiger partial charge in [0.1, 0.15) is 0 Å².